The summed E-state index contributed by atoms with van der Waals surface area (Å²) in [5.41, 5.74) is 2.53. The summed E-state index contributed by atoms with van der Waals surface area (Å²) in [6.45, 7) is 2.00. The van der Waals surface area contributed by atoms with Crippen LogP contribution in [-0.4, -0.2) is 19.7 Å². The van der Waals surface area contributed by atoms with Gasteiger partial charge < -0.3 is 5.32 Å². The van der Waals surface area contributed by atoms with Crippen LogP contribution >= 0.6 is 0 Å². The second kappa shape index (κ2) is 5.27. The Morgan fingerprint density at radius 3 is 2.42 bits per heavy atom. The van der Waals surface area contributed by atoms with Gasteiger partial charge >= 0.3 is 0 Å². The molecule has 0 bridgehead atoms. The predicted octanol–water partition coefficient (Wildman–Crippen LogP) is 2.51. The lowest BCUT2D eigenvalue weighted by Gasteiger charge is -2.09. The molecule has 0 aliphatic heterocycles. The van der Waals surface area contributed by atoms with E-state index in [0.29, 0.717) is 11.5 Å². The van der Waals surface area contributed by atoms with Crippen molar-refractivity contribution < 1.29 is 8.42 Å². The minimum Gasteiger partial charge on any atom is -0.340 e. The highest BCUT2D eigenvalue weighted by atomic mass is 32.2. The minimum atomic E-state index is -3.27. The average Bonchev–Trinajstić information content (AvgIpc) is 2.33. The van der Waals surface area contributed by atoms with E-state index in [2.05, 4.69) is 15.0 Å². The topological polar surface area (TPSA) is 71.1 Å². The smallest absolute Gasteiger partial charge is 0.229 e. The molecule has 0 saturated heterocycles. The van der Waals surface area contributed by atoms with Crippen molar-refractivity contribution in [2.45, 2.75) is 6.92 Å². The highest BCUT2D eigenvalue weighted by molar-refractivity contribution is 7.92. The Balaban J connectivity index is 2.13. The van der Waals surface area contributed by atoms with Crippen molar-refractivity contribution in [1.29, 1.82) is 0 Å². The fourth-order valence-electron chi connectivity index (χ4n) is 1.59. The molecular formula is C13H15N3O2S. The van der Waals surface area contributed by atoms with E-state index in [-0.39, 0.29) is 0 Å². The van der Waals surface area contributed by atoms with E-state index in [1.54, 1.807) is 12.1 Å². The summed E-state index contributed by atoms with van der Waals surface area (Å²) in [4.78, 5) is 4.16. The molecule has 100 valence electrons. The van der Waals surface area contributed by atoms with Gasteiger partial charge in [-0.3, -0.25) is 4.72 Å². The highest BCUT2D eigenvalue weighted by Gasteiger charge is 2.03. The van der Waals surface area contributed by atoms with Gasteiger partial charge in [-0.1, -0.05) is 18.2 Å². The summed E-state index contributed by atoms with van der Waals surface area (Å²) in [5, 5.41) is 3.17. The van der Waals surface area contributed by atoms with Gasteiger partial charge in [-0.05, 0) is 30.7 Å². The summed E-state index contributed by atoms with van der Waals surface area (Å²) >= 11 is 0. The van der Waals surface area contributed by atoms with Gasteiger partial charge in [0.15, 0.2) is 0 Å². The summed E-state index contributed by atoms with van der Waals surface area (Å²) < 4.78 is 24.5. The van der Waals surface area contributed by atoms with Crippen LogP contribution in [0.4, 0.5) is 17.2 Å². The molecule has 0 aliphatic rings. The first-order valence-corrected chi connectivity index (χ1v) is 7.60. The largest absolute Gasteiger partial charge is 0.340 e. The fraction of sp³-hybridized carbons (Fsp3) is 0.154. The summed E-state index contributed by atoms with van der Waals surface area (Å²) in [6.07, 6.45) is 2.58. The van der Waals surface area contributed by atoms with Crippen LogP contribution in [0.3, 0.4) is 0 Å². The molecule has 1 aromatic heterocycles. The normalized spacial score (nSPS) is 11.1. The van der Waals surface area contributed by atoms with Crippen LogP contribution in [0.1, 0.15) is 5.56 Å². The molecule has 2 N–H and O–H groups in total. The molecule has 0 spiro atoms. The van der Waals surface area contributed by atoms with Crippen molar-refractivity contribution in [3.63, 3.8) is 0 Å². The number of benzene rings is 1. The summed E-state index contributed by atoms with van der Waals surface area (Å²) in [5.74, 6) is 0.661. The van der Waals surface area contributed by atoms with Crippen LogP contribution in [0.15, 0.2) is 42.6 Å². The molecule has 0 fully saturated rings. The van der Waals surface area contributed by atoms with Crippen molar-refractivity contribution in [3.8, 4) is 0 Å². The highest BCUT2D eigenvalue weighted by Crippen LogP contribution is 2.19. The number of anilines is 3. The van der Waals surface area contributed by atoms with Gasteiger partial charge in [-0.25, -0.2) is 13.4 Å². The number of aromatic nitrogens is 1. The van der Waals surface area contributed by atoms with Crippen molar-refractivity contribution >= 4 is 27.2 Å². The van der Waals surface area contributed by atoms with E-state index in [4.69, 9.17) is 0 Å². The molecule has 5 nitrogen and oxygen atoms in total. The van der Waals surface area contributed by atoms with Crippen molar-refractivity contribution in [1.82, 2.24) is 4.98 Å². The number of hydrogen-bond donors (Lipinski definition) is 2. The number of hydrogen-bond acceptors (Lipinski definition) is 4. The third kappa shape index (κ3) is 3.96. The van der Waals surface area contributed by atoms with Gasteiger partial charge in [-0.2, -0.15) is 0 Å². The fourth-order valence-corrected chi connectivity index (χ4v) is 2.14. The zero-order chi connectivity index (χ0) is 13.9. The van der Waals surface area contributed by atoms with Crippen LogP contribution in [0.25, 0.3) is 0 Å². The third-order valence-corrected chi connectivity index (χ3v) is 3.08. The lowest BCUT2D eigenvalue weighted by Crippen LogP contribution is -2.09. The zero-order valence-electron chi connectivity index (χ0n) is 10.7. The molecule has 19 heavy (non-hydrogen) atoms. The number of aryl methyl sites for hydroxylation is 1. The summed E-state index contributed by atoms with van der Waals surface area (Å²) in [6, 6.07) is 11.2. The van der Waals surface area contributed by atoms with Crippen molar-refractivity contribution in [2.24, 2.45) is 0 Å². The first kappa shape index (κ1) is 13.4. The van der Waals surface area contributed by atoms with Gasteiger partial charge in [0.2, 0.25) is 10.0 Å². The lowest BCUT2D eigenvalue weighted by molar-refractivity contribution is 0.607. The Kier molecular flexibility index (Phi) is 3.71. The van der Waals surface area contributed by atoms with E-state index >= 15 is 0 Å². The second-order valence-corrected chi connectivity index (χ2v) is 5.99. The molecule has 1 aromatic carbocycles. The van der Waals surface area contributed by atoms with E-state index in [1.807, 2.05) is 31.2 Å². The van der Waals surface area contributed by atoms with E-state index in [9.17, 15) is 8.42 Å². The maximum Gasteiger partial charge on any atom is 0.229 e. The Morgan fingerprint density at radius 1 is 1.11 bits per heavy atom. The number of pyridine rings is 1. The van der Waals surface area contributed by atoms with Crippen LogP contribution in [0.5, 0.6) is 0 Å². The van der Waals surface area contributed by atoms with Crippen LogP contribution in [-0.2, 0) is 10.0 Å². The van der Waals surface area contributed by atoms with Gasteiger partial charge in [-0.15, -0.1) is 0 Å². The van der Waals surface area contributed by atoms with Gasteiger partial charge in [0.1, 0.15) is 5.82 Å². The third-order valence-electron chi connectivity index (χ3n) is 2.47. The molecule has 0 radical (unpaired) electrons. The average molecular weight is 277 g/mol. The Labute approximate surface area is 112 Å². The quantitative estimate of drug-likeness (QED) is 0.900. The minimum absolute atomic E-state index is 0.442. The molecule has 6 heteroatoms. The standard InChI is InChI=1S/C13H15N3O2S/c1-10-5-3-4-6-12(10)15-13-8-7-11(9-14-13)16-19(2,17)18/h3-9,16H,1-2H3,(H,14,15). The molecule has 2 rings (SSSR count). The van der Waals surface area contributed by atoms with Crippen LogP contribution < -0.4 is 10.0 Å². The number of para-hydroxylation sites is 1. The van der Waals surface area contributed by atoms with Gasteiger partial charge in [0.05, 0.1) is 18.1 Å². The molecule has 0 atom stereocenters. The van der Waals surface area contributed by atoms with Crippen LogP contribution in [0.2, 0.25) is 0 Å². The molecule has 2 aromatic rings. The second-order valence-electron chi connectivity index (χ2n) is 4.25. The van der Waals surface area contributed by atoms with Gasteiger partial charge in [0, 0.05) is 5.69 Å². The molecular weight excluding hydrogens is 262 g/mol. The van der Waals surface area contributed by atoms with Crippen LogP contribution in [0, 0.1) is 6.92 Å². The van der Waals surface area contributed by atoms with E-state index in [1.165, 1.54) is 6.20 Å². The number of nitrogens with zero attached hydrogens (tertiary/aromatic N) is 1. The molecule has 0 aliphatic carbocycles. The lowest BCUT2D eigenvalue weighted by atomic mass is 10.2. The maximum atomic E-state index is 11.1. The first-order chi connectivity index (χ1) is 8.94. The number of nitrogens with one attached hydrogen (secondary N) is 2. The predicted molar refractivity (Wildman–Crippen MR) is 77.2 cm³/mol. The number of sulfonamides is 1. The summed E-state index contributed by atoms with van der Waals surface area (Å²) in [7, 11) is -3.27. The maximum absolute atomic E-state index is 11.1. The molecule has 0 saturated carbocycles. The number of rotatable bonds is 4. The van der Waals surface area contributed by atoms with Gasteiger partial charge in [0.25, 0.3) is 0 Å². The van der Waals surface area contributed by atoms with Crippen molar-refractivity contribution in [3.05, 3.63) is 48.2 Å². The van der Waals surface area contributed by atoms with E-state index in [0.717, 1.165) is 17.5 Å². The molecule has 1 heterocycles. The van der Waals surface area contributed by atoms with Crippen molar-refractivity contribution in [2.75, 3.05) is 16.3 Å². The van der Waals surface area contributed by atoms with E-state index < -0.39 is 10.0 Å². The Bertz CT molecular complexity index is 667. The monoisotopic (exact) mass is 277 g/mol. The molecule has 0 unspecified atom stereocenters. The Hall–Kier alpha value is -2.08. The SMILES string of the molecule is Cc1ccccc1Nc1ccc(NS(C)(=O)=O)cn1. The Morgan fingerprint density at radius 2 is 1.84 bits per heavy atom. The first-order valence-electron chi connectivity index (χ1n) is 5.70. The molecule has 0 amide bonds. The zero-order valence-corrected chi connectivity index (χ0v) is 11.5.